The van der Waals surface area contributed by atoms with E-state index < -0.39 is 0 Å². The number of nitrogens with zero attached hydrogens (tertiary/aromatic N) is 1. The first-order chi connectivity index (χ1) is 12.6. The molecule has 2 aromatic rings. The van der Waals surface area contributed by atoms with Crippen LogP contribution in [0.25, 0.3) is 0 Å². The van der Waals surface area contributed by atoms with Crippen LogP contribution in [-0.4, -0.2) is 31.1 Å². The van der Waals surface area contributed by atoms with Gasteiger partial charge in [-0.3, -0.25) is 4.79 Å². The Hall–Kier alpha value is -2.75. The zero-order valence-electron chi connectivity index (χ0n) is 15.5. The normalized spacial score (nSPS) is 19.5. The molecule has 4 nitrogen and oxygen atoms in total. The van der Waals surface area contributed by atoms with Crippen molar-refractivity contribution >= 4 is 5.91 Å². The van der Waals surface area contributed by atoms with Crippen molar-refractivity contribution in [3.8, 4) is 11.5 Å². The van der Waals surface area contributed by atoms with Gasteiger partial charge in [-0.15, -0.1) is 0 Å². The predicted molar refractivity (Wildman–Crippen MR) is 102 cm³/mol. The summed E-state index contributed by atoms with van der Waals surface area (Å²) in [5, 5.41) is 0. The van der Waals surface area contributed by atoms with E-state index in [1.165, 1.54) is 5.56 Å². The van der Waals surface area contributed by atoms with Crippen molar-refractivity contribution in [1.29, 1.82) is 0 Å². The van der Waals surface area contributed by atoms with E-state index in [0.717, 1.165) is 23.5 Å². The molecule has 0 aliphatic carbocycles. The molecule has 0 N–H and O–H groups in total. The van der Waals surface area contributed by atoms with Crippen LogP contribution in [0.15, 0.2) is 60.7 Å². The minimum Gasteiger partial charge on any atom is -0.497 e. The minimum absolute atomic E-state index is 0.0351. The van der Waals surface area contributed by atoms with Crippen LogP contribution in [0.1, 0.15) is 18.1 Å². The van der Waals surface area contributed by atoms with Crippen LogP contribution < -0.4 is 9.47 Å². The van der Waals surface area contributed by atoms with Crippen molar-refractivity contribution < 1.29 is 14.3 Å². The van der Waals surface area contributed by atoms with Crippen LogP contribution in [0.3, 0.4) is 0 Å². The van der Waals surface area contributed by atoms with Crippen molar-refractivity contribution in [1.82, 2.24) is 4.90 Å². The first kappa shape index (κ1) is 18.1. The van der Waals surface area contributed by atoms with Gasteiger partial charge in [0.15, 0.2) is 0 Å². The van der Waals surface area contributed by atoms with E-state index in [9.17, 15) is 4.79 Å². The second-order valence-electron chi connectivity index (χ2n) is 6.57. The fourth-order valence-electron chi connectivity index (χ4n) is 3.30. The topological polar surface area (TPSA) is 38.8 Å². The zero-order chi connectivity index (χ0) is 18.5. The molecule has 0 bridgehead atoms. The summed E-state index contributed by atoms with van der Waals surface area (Å²) in [6.07, 6.45) is 4.96. The molecule has 136 valence electrons. The Morgan fingerprint density at radius 1 is 1.00 bits per heavy atom. The standard InChI is InChI=1S/C22H25NO3/c1-16-9-11-19(13-17-7-5-4-6-8-17)23(22(16)24)15-18-10-12-20(25-2)14-21(18)26-3/h4-12,14,16,19H,13,15H2,1-3H3/t16-,19+/m0/s1. The van der Waals surface area contributed by atoms with Crippen molar-refractivity contribution in [2.75, 3.05) is 14.2 Å². The maximum Gasteiger partial charge on any atom is 0.230 e. The summed E-state index contributed by atoms with van der Waals surface area (Å²) in [5.74, 6) is 1.51. The van der Waals surface area contributed by atoms with Gasteiger partial charge in [-0.05, 0) is 24.1 Å². The summed E-state index contributed by atoms with van der Waals surface area (Å²) in [5.41, 5.74) is 2.19. The third kappa shape index (κ3) is 3.90. The van der Waals surface area contributed by atoms with E-state index in [-0.39, 0.29) is 17.9 Å². The quantitative estimate of drug-likeness (QED) is 0.742. The highest BCUT2D eigenvalue weighted by atomic mass is 16.5. The van der Waals surface area contributed by atoms with E-state index >= 15 is 0 Å². The third-order valence-corrected chi connectivity index (χ3v) is 4.82. The molecule has 0 unspecified atom stereocenters. The van der Waals surface area contributed by atoms with Gasteiger partial charge >= 0.3 is 0 Å². The van der Waals surface area contributed by atoms with Gasteiger partial charge in [0.25, 0.3) is 0 Å². The minimum atomic E-state index is -0.105. The maximum absolute atomic E-state index is 12.9. The number of benzene rings is 2. The predicted octanol–water partition coefficient (Wildman–Crippen LogP) is 3.85. The Labute approximate surface area is 155 Å². The highest BCUT2D eigenvalue weighted by molar-refractivity contribution is 5.82. The Morgan fingerprint density at radius 3 is 2.46 bits per heavy atom. The summed E-state index contributed by atoms with van der Waals surface area (Å²) in [7, 11) is 3.27. The fraction of sp³-hybridized carbons (Fsp3) is 0.318. The van der Waals surface area contributed by atoms with Gasteiger partial charge in [-0.25, -0.2) is 0 Å². The van der Waals surface area contributed by atoms with Gasteiger partial charge < -0.3 is 14.4 Å². The SMILES string of the molecule is COc1ccc(CN2C(=O)[C@@H](C)C=C[C@@H]2Cc2ccccc2)c(OC)c1. The lowest BCUT2D eigenvalue weighted by Crippen LogP contribution is -2.45. The number of ether oxygens (including phenoxy) is 2. The molecule has 0 saturated heterocycles. The molecular formula is C22H25NO3. The summed E-state index contributed by atoms with van der Waals surface area (Å²) >= 11 is 0. The van der Waals surface area contributed by atoms with Gasteiger partial charge in [0.05, 0.1) is 26.2 Å². The molecule has 3 rings (SSSR count). The molecule has 0 radical (unpaired) electrons. The molecule has 1 aliphatic heterocycles. The molecule has 2 aromatic carbocycles. The van der Waals surface area contributed by atoms with Gasteiger partial charge in [-0.2, -0.15) is 0 Å². The molecule has 4 heteroatoms. The molecule has 2 atom stereocenters. The number of carbonyl (C=O) groups is 1. The number of hydrogen-bond donors (Lipinski definition) is 0. The van der Waals surface area contributed by atoms with Gasteiger partial charge in [0.1, 0.15) is 11.5 Å². The van der Waals surface area contributed by atoms with Crippen molar-refractivity contribution in [2.45, 2.75) is 25.9 Å². The van der Waals surface area contributed by atoms with Crippen molar-refractivity contribution in [3.05, 3.63) is 71.8 Å². The van der Waals surface area contributed by atoms with E-state index in [1.807, 2.05) is 54.3 Å². The van der Waals surface area contributed by atoms with Crippen LogP contribution in [0.4, 0.5) is 0 Å². The summed E-state index contributed by atoms with van der Waals surface area (Å²) in [6.45, 7) is 2.45. The molecule has 0 fully saturated rings. The number of methoxy groups -OCH3 is 2. The number of carbonyl (C=O) groups excluding carboxylic acids is 1. The molecule has 1 aliphatic rings. The molecule has 0 saturated carbocycles. The smallest absolute Gasteiger partial charge is 0.230 e. The number of amides is 1. The zero-order valence-corrected chi connectivity index (χ0v) is 15.5. The van der Waals surface area contributed by atoms with E-state index in [4.69, 9.17) is 9.47 Å². The third-order valence-electron chi connectivity index (χ3n) is 4.82. The van der Waals surface area contributed by atoms with Gasteiger partial charge in [0.2, 0.25) is 5.91 Å². The first-order valence-corrected chi connectivity index (χ1v) is 8.86. The largest absolute Gasteiger partial charge is 0.497 e. The average Bonchev–Trinajstić information content (AvgIpc) is 2.68. The Bertz CT molecular complexity index is 785. The van der Waals surface area contributed by atoms with E-state index in [0.29, 0.717) is 6.54 Å². The van der Waals surface area contributed by atoms with E-state index in [1.54, 1.807) is 14.2 Å². The molecule has 26 heavy (non-hydrogen) atoms. The van der Waals surface area contributed by atoms with Crippen molar-refractivity contribution in [2.24, 2.45) is 5.92 Å². The maximum atomic E-state index is 12.9. The van der Waals surface area contributed by atoms with Gasteiger partial charge in [-0.1, -0.05) is 49.4 Å². The summed E-state index contributed by atoms with van der Waals surface area (Å²) < 4.78 is 10.8. The Kier molecular flexibility index (Phi) is 5.61. The van der Waals surface area contributed by atoms with E-state index in [2.05, 4.69) is 18.2 Å². The van der Waals surface area contributed by atoms with Crippen LogP contribution in [0.2, 0.25) is 0 Å². The van der Waals surface area contributed by atoms with Crippen LogP contribution >= 0.6 is 0 Å². The van der Waals surface area contributed by atoms with Crippen molar-refractivity contribution in [3.63, 3.8) is 0 Å². The molecule has 0 aromatic heterocycles. The second-order valence-corrected chi connectivity index (χ2v) is 6.57. The van der Waals surface area contributed by atoms with Crippen LogP contribution in [-0.2, 0) is 17.8 Å². The second kappa shape index (κ2) is 8.09. The molecule has 0 spiro atoms. The van der Waals surface area contributed by atoms with Crippen LogP contribution in [0, 0.1) is 5.92 Å². The highest BCUT2D eigenvalue weighted by Gasteiger charge is 2.29. The monoisotopic (exact) mass is 351 g/mol. The fourth-order valence-corrected chi connectivity index (χ4v) is 3.30. The lowest BCUT2D eigenvalue weighted by molar-refractivity contribution is -0.136. The summed E-state index contributed by atoms with van der Waals surface area (Å²) in [4.78, 5) is 14.8. The first-order valence-electron chi connectivity index (χ1n) is 8.86. The molecule has 1 heterocycles. The lowest BCUT2D eigenvalue weighted by Gasteiger charge is -2.35. The highest BCUT2D eigenvalue weighted by Crippen LogP contribution is 2.29. The average molecular weight is 351 g/mol. The number of rotatable bonds is 6. The lowest BCUT2D eigenvalue weighted by atomic mass is 9.95. The van der Waals surface area contributed by atoms with Gasteiger partial charge in [0, 0.05) is 18.2 Å². The summed E-state index contributed by atoms with van der Waals surface area (Å²) in [6, 6.07) is 16.0. The molecular weight excluding hydrogens is 326 g/mol. The Balaban J connectivity index is 1.87. The Morgan fingerprint density at radius 2 is 1.77 bits per heavy atom. The van der Waals surface area contributed by atoms with Crippen LogP contribution in [0.5, 0.6) is 11.5 Å². The molecule has 1 amide bonds. The number of hydrogen-bond acceptors (Lipinski definition) is 3.